The number of hydrogen-bond acceptors (Lipinski definition) is 3. The number of nitrogens with zero attached hydrogens (tertiary/aromatic N) is 2. The minimum absolute atomic E-state index is 0.137. The Hall–Kier alpha value is -2.21. The summed E-state index contributed by atoms with van der Waals surface area (Å²) in [6.07, 6.45) is 2.54. The molecule has 0 aliphatic carbocycles. The summed E-state index contributed by atoms with van der Waals surface area (Å²) in [4.78, 5) is 12.4. The summed E-state index contributed by atoms with van der Waals surface area (Å²) in [7, 11) is 0. The Labute approximate surface area is 184 Å². The summed E-state index contributed by atoms with van der Waals surface area (Å²) < 4.78 is 7.51. The van der Waals surface area contributed by atoms with Crippen LogP contribution in [0.15, 0.2) is 48.7 Å². The summed E-state index contributed by atoms with van der Waals surface area (Å²) in [6, 6.07) is 12.5. The quantitative estimate of drug-likeness (QED) is 0.456. The number of hydrogen-bond donors (Lipinski definition) is 1. The molecule has 0 aliphatic rings. The molecule has 0 saturated carbocycles. The number of rotatable bonds is 8. The standard InChI is InChI=1S/C21H20Cl3N3O2/c1-14-18(23)12-27(26-14)10-4-9-25-21(28)16-6-2-5-15(11-16)13-29-19-8-3-7-17(22)20(19)24/h2-3,5-8,11-12H,4,9-10,13H2,1H3,(H,25,28). The summed E-state index contributed by atoms with van der Waals surface area (Å²) in [5.41, 5.74) is 2.23. The summed E-state index contributed by atoms with van der Waals surface area (Å²) in [5.74, 6) is 0.366. The number of carbonyl (C=O) groups excluding carboxylic acids is 1. The molecule has 152 valence electrons. The van der Waals surface area contributed by atoms with E-state index in [4.69, 9.17) is 39.5 Å². The number of ether oxygens (including phenoxy) is 1. The number of amides is 1. The van der Waals surface area contributed by atoms with Crippen molar-refractivity contribution in [3.8, 4) is 5.75 Å². The fraction of sp³-hybridized carbons (Fsp3) is 0.238. The Morgan fingerprint density at radius 1 is 1.14 bits per heavy atom. The van der Waals surface area contributed by atoms with Crippen molar-refractivity contribution in [1.82, 2.24) is 15.1 Å². The average Bonchev–Trinajstić information content (AvgIpc) is 3.04. The second kappa shape index (κ2) is 10.0. The summed E-state index contributed by atoms with van der Waals surface area (Å²) >= 11 is 18.1. The molecular weight excluding hydrogens is 433 g/mol. The van der Waals surface area contributed by atoms with Crippen LogP contribution in [-0.4, -0.2) is 22.2 Å². The highest BCUT2D eigenvalue weighted by atomic mass is 35.5. The van der Waals surface area contributed by atoms with Gasteiger partial charge < -0.3 is 10.1 Å². The SMILES string of the molecule is Cc1nn(CCCNC(=O)c2cccc(COc3cccc(Cl)c3Cl)c2)cc1Cl. The molecule has 0 fully saturated rings. The molecule has 1 amide bonds. The van der Waals surface area contributed by atoms with Gasteiger partial charge in [-0.05, 0) is 43.2 Å². The molecule has 0 unspecified atom stereocenters. The highest BCUT2D eigenvalue weighted by Crippen LogP contribution is 2.31. The van der Waals surface area contributed by atoms with E-state index in [2.05, 4.69) is 10.4 Å². The molecule has 0 saturated heterocycles. The van der Waals surface area contributed by atoms with Crippen molar-refractivity contribution < 1.29 is 9.53 Å². The highest BCUT2D eigenvalue weighted by molar-refractivity contribution is 6.42. The van der Waals surface area contributed by atoms with Gasteiger partial charge in [0.1, 0.15) is 17.4 Å². The highest BCUT2D eigenvalue weighted by Gasteiger charge is 2.09. The number of nitrogens with one attached hydrogen (secondary N) is 1. The molecule has 0 spiro atoms. The fourth-order valence-corrected chi connectivity index (χ4v) is 3.21. The lowest BCUT2D eigenvalue weighted by atomic mass is 10.1. The van der Waals surface area contributed by atoms with Crippen LogP contribution in [0.1, 0.15) is 28.0 Å². The molecule has 29 heavy (non-hydrogen) atoms. The lowest BCUT2D eigenvalue weighted by Gasteiger charge is -2.10. The largest absolute Gasteiger partial charge is 0.487 e. The molecule has 5 nitrogen and oxygen atoms in total. The van der Waals surface area contributed by atoms with Crippen LogP contribution in [0.5, 0.6) is 5.75 Å². The van der Waals surface area contributed by atoms with Gasteiger partial charge in [-0.2, -0.15) is 5.10 Å². The van der Waals surface area contributed by atoms with E-state index in [0.29, 0.717) is 39.5 Å². The van der Waals surface area contributed by atoms with E-state index < -0.39 is 0 Å². The molecule has 1 N–H and O–H groups in total. The van der Waals surface area contributed by atoms with E-state index >= 15 is 0 Å². The second-order valence-electron chi connectivity index (χ2n) is 6.48. The Bertz CT molecular complexity index is 985. The zero-order valence-corrected chi connectivity index (χ0v) is 18.1. The number of halogens is 3. The van der Waals surface area contributed by atoms with Crippen molar-refractivity contribution in [1.29, 1.82) is 0 Å². The topological polar surface area (TPSA) is 56.2 Å². The third-order valence-electron chi connectivity index (χ3n) is 4.24. The number of aryl methyl sites for hydroxylation is 2. The first kappa shape index (κ1) is 21.5. The number of aromatic nitrogens is 2. The molecule has 8 heteroatoms. The van der Waals surface area contributed by atoms with Crippen LogP contribution < -0.4 is 10.1 Å². The van der Waals surface area contributed by atoms with Crippen LogP contribution in [0.4, 0.5) is 0 Å². The van der Waals surface area contributed by atoms with Gasteiger partial charge in [-0.1, -0.05) is 53.0 Å². The van der Waals surface area contributed by atoms with E-state index in [1.54, 1.807) is 41.2 Å². The minimum Gasteiger partial charge on any atom is -0.487 e. The molecule has 0 bridgehead atoms. The lowest BCUT2D eigenvalue weighted by Crippen LogP contribution is -2.25. The molecule has 0 aliphatic heterocycles. The Morgan fingerprint density at radius 3 is 2.69 bits per heavy atom. The van der Waals surface area contributed by atoms with Crippen molar-refractivity contribution in [2.75, 3.05) is 6.54 Å². The van der Waals surface area contributed by atoms with Crippen LogP contribution in [0, 0.1) is 6.92 Å². The van der Waals surface area contributed by atoms with E-state index in [0.717, 1.165) is 17.7 Å². The average molecular weight is 453 g/mol. The Kier molecular flexibility index (Phi) is 7.42. The van der Waals surface area contributed by atoms with Crippen LogP contribution in [-0.2, 0) is 13.2 Å². The second-order valence-corrected chi connectivity index (χ2v) is 7.67. The number of carbonyl (C=O) groups is 1. The zero-order chi connectivity index (χ0) is 20.8. The van der Waals surface area contributed by atoms with E-state index in [-0.39, 0.29) is 12.5 Å². The maximum atomic E-state index is 12.4. The van der Waals surface area contributed by atoms with Gasteiger partial charge in [0.05, 0.1) is 15.7 Å². The first-order valence-electron chi connectivity index (χ1n) is 9.07. The smallest absolute Gasteiger partial charge is 0.251 e. The van der Waals surface area contributed by atoms with E-state index in [1.807, 2.05) is 19.1 Å². The van der Waals surface area contributed by atoms with E-state index in [1.165, 1.54) is 0 Å². The van der Waals surface area contributed by atoms with Gasteiger partial charge in [0, 0.05) is 24.8 Å². The van der Waals surface area contributed by atoms with Gasteiger partial charge in [-0.3, -0.25) is 9.48 Å². The van der Waals surface area contributed by atoms with Gasteiger partial charge in [0.15, 0.2) is 0 Å². The van der Waals surface area contributed by atoms with Crippen molar-refractivity contribution in [3.05, 3.63) is 80.6 Å². The third-order valence-corrected chi connectivity index (χ3v) is 5.41. The first-order valence-corrected chi connectivity index (χ1v) is 10.2. The summed E-state index contributed by atoms with van der Waals surface area (Å²) in [5, 5.41) is 8.66. The molecule has 0 radical (unpaired) electrons. The fourth-order valence-electron chi connectivity index (χ4n) is 2.71. The zero-order valence-electron chi connectivity index (χ0n) is 15.8. The van der Waals surface area contributed by atoms with Gasteiger partial charge in [-0.25, -0.2) is 0 Å². The van der Waals surface area contributed by atoms with Gasteiger partial charge >= 0.3 is 0 Å². The van der Waals surface area contributed by atoms with Crippen LogP contribution >= 0.6 is 34.8 Å². The number of benzene rings is 2. The molecule has 0 atom stereocenters. The third kappa shape index (κ3) is 5.89. The van der Waals surface area contributed by atoms with E-state index in [9.17, 15) is 4.79 Å². The van der Waals surface area contributed by atoms with Gasteiger partial charge in [-0.15, -0.1) is 0 Å². The summed E-state index contributed by atoms with van der Waals surface area (Å²) in [6.45, 7) is 3.36. The Morgan fingerprint density at radius 2 is 1.93 bits per heavy atom. The van der Waals surface area contributed by atoms with Gasteiger partial charge in [0.2, 0.25) is 0 Å². The molecule has 2 aromatic carbocycles. The lowest BCUT2D eigenvalue weighted by molar-refractivity contribution is 0.0952. The predicted molar refractivity (Wildman–Crippen MR) is 116 cm³/mol. The van der Waals surface area contributed by atoms with Crippen LogP contribution in [0.3, 0.4) is 0 Å². The minimum atomic E-state index is -0.137. The van der Waals surface area contributed by atoms with Crippen LogP contribution in [0.2, 0.25) is 15.1 Å². The van der Waals surface area contributed by atoms with Crippen molar-refractivity contribution in [2.24, 2.45) is 0 Å². The van der Waals surface area contributed by atoms with Crippen molar-refractivity contribution >= 4 is 40.7 Å². The molecule has 1 aromatic heterocycles. The molecule has 3 rings (SSSR count). The maximum absolute atomic E-state index is 12.4. The predicted octanol–water partition coefficient (Wildman–Crippen LogP) is 5.55. The van der Waals surface area contributed by atoms with Crippen LogP contribution in [0.25, 0.3) is 0 Å². The molecular formula is C21H20Cl3N3O2. The molecule has 3 aromatic rings. The van der Waals surface area contributed by atoms with Gasteiger partial charge in [0.25, 0.3) is 5.91 Å². The monoisotopic (exact) mass is 451 g/mol. The Balaban J connectivity index is 1.50. The van der Waals surface area contributed by atoms with Crippen molar-refractivity contribution in [3.63, 3.8) is 0 Å². The van der Waals surface area contributed by atoms with Crippen molar-refractivity contribution in [2.45, 2.75) is 26.5 Å². The first-order chi connectivity index (χ1) is 13.9. The maximum Gasteiger partial charge on any atom is 0.251 e. The normalized spacial score (nSPS) is 10.8. The molecule has 1 heterocycles.